The second-order valence-corrected chi connectivity index (χ2v) is 6.16. The van der Waals surface area contributed by atoms with Crippen molar-refractivity contribution in [2.24, 2.45) is 5.92 Å². The number of nitrogens with zero attached hydrogens (tertiary/aromatic N) is 1. The van der Waals surface area contributed by atoms with E-state index >= 15 is 0 Å². The Labute approximate surface area is 116 Å². The number of carboxylic acid groups (broad SMARTS) is 1. The van der Waals surface area contributed by atoms with Crippen LogP contribution >= 0.6 is 0 Å². The predicted molar refractivity (Wildman–Crippen MR) is 76.3 cm³/mol. The lowest BCUT2D eigenvalue weighted by Gasteiger charge is -2.40. The van der Waals surface area contributed by atoms with Crippen LogP contribution in [0.25, 0.3) is 0 Å². The molecule has 2 saturated carbocycles. The molecule has 19 heavy (non-hydrogen) atoms. The topological polar surface area (TPSA) is 52.6 Å². The van der Waals surface area contributed by atoms with Crippen LogP contribution in [0, 0.1) is 5.92 Å². The van der Waals surface area contributed by atoms with Gasteiger partial charge in [0.2, 0.25) is 0 Å². The first-order chi connectivity index (χ1) is 9.14. The monoisotopic (exact) mass is 268 g/mol. The van der Waals surface area contributed by atoms with Gasteiger partial charge in [0.1, 0.15) is 5.54 Å². The highest BCUT2D eigenvalue weighted by molar-refractivity contribution is 5.80. The van der Waals surface area contributed by atoms with E-state index in [0.29, 0.717) is 18.5 Å². The molecule has 4 nitrogen and oxygen atoms in total. The van der Waals surface area contributed by atoms with Crippen LogP contribution in [0.4, 0.5) is 0 Å². The first-order valence-corrected chi connectivity index (χ1v) is 7.80. The standard InChI is InChI=1S/C15H28N2O2/c1-3-17(13-7-5-4-6-8-13)11-15(16-2,14(18)19)12-9-10-12/h12-13,16H,3-11H2,1-2H3,(H,18,19). The van der Waals surface area contributed by atoms with Crippen LogP contribution in [0.5, 0.6) is 0 Å². The molecule has 0 radical (unpaired) electrons. The van der Waals surface area contributed by atoms with E-state index in [-0.39, 0.29) is 0 Å². The zero-order chi connectivity index (χ0) is 13.9. The Morgan fingerprint density at radius 1 is 1.26 bits per heavy atom. The van der Waals surface area contributed by atoms with Gasteiger partial charge in [-0.25, -0.2) is 0 Å². The number of hydrogen-bond donors (Lipinski definition) is 2. The Kier molecular flexibility index (Phi) is 4.85. The number of carbonyl (C=O) groups is 1. The molecule has 4 heteroatoms. The Balaban J connectivity index is 2.07. The molecule has 0 aromatic carbocycles. The van der Waals surface area contributed by atoms with Crippen LogP contribution in [0.15, 0.2) is 0 Å². The molecule has 1 atom stereocenters. The predicted octanol–water partition coefficient (Wildman–Crippen LogP) is 2.09. The average Bonchev–Trinajstić information content (AvgIpc) is 3.26. The lowest BCUT2D eigenvalue weighted by molar-refractivity contribution is -0.147. The molecule has 1 unspecified atom stereocenters. The van der Waals surface area contributed by atoms with Crippen molar-refractivity contribution in [3.8, 4) is 0 Å². The zero-order valence-corrected chi connectivity index (χ0v) is 12.3. The highest BCUT2D eigenvalue weighted by Gasteiger charge is 2.51. The minimum atomic E-state index is -0.729. The number of rotatable bonds is 7. The van der Waals surface area contributed by atoms with E-state index in [0.717, 1.165) is 19.4 Å². The van der Waals surface area contributed by atoms with E-state index in [1.807, 2.05) is 0 Å². The summed E-state index contributed by atoms with van der Waals surface area (Å²) in [5.74, 6) is -0.362. The summed E-state index contributed by atoms with van der Waals surface area (Å²) in [5, 5.41) is 12.8. The maximum absolute atomic E-state index is 11.8. The Morgan fingerprint density at radius 2 is 1.89 bits per heavy atom. The van der Waals surface area contributed by atoms with E-state index in [1.165, 1.54) is 32.1 Å². The fraction of sp³-hybridized carbons (Fsp3) is 0.933. The summed E-state index contributed by atoms with van der Waals surface area (Å²) in [6.45, 7) is 3.77. The van der Waals surface area contributed by atoms with Gasteiger partial charge in [0.05, 0.1) is 0 Å². The summed E-state index contributed by atoms with van der Waals surface area (Å²) in [7, 11) is 1.81. The summed E-state index contributed by atoms with van der Waals surface area (Å²) in [6, 6.07) is 0.588. The minimum absolute atomic E-state index is 0.313. The van der Waals surface area contributed by atoms with Crippen molar-refractivity contribution in [3.63, 3.8) is 0 Å². The molecule has 2 aliphatic carbocycles. The van der Waals surface area contributed by atoms with Crippen LogP contribution in [0.2, 0.25) is 0 Å². The van der Waals surface area contributed by atoms with Crippen LogP contribution in [0.3, 0.4) is 0 Å². The number of nitrogens with one attached hydrogen (secondary N) is 1. The molecule has 2 aliphatic rings. The minimum Gasteiger partial charge on any atom is -0.480 e. The Bertz CT molecular complexity index is 311. The normalized spacial score (nSPS) is 24.4. The SMILES string of the molecule is CCN(CC(NC)(C(=O)O)C1CC1)C1CCCCC1. The van der Waals surface area contributed by atoms with E-state index in [1.54, 1.807) is 7.05 Å². The molecular weight excluding hydrogens is 240 g/mol. The third-order valence-corrected chi connectivity index (χ3v) is 5.05. The van der Waals surface area contributed by atoms with Crippen molar-refractivity contribution in [3.05, 3.63) is 0 Å². The molecule has 2 rings (SSSR count). The van der Waals surface area contributed by atoms with Gasteiger partial charge < -0.3 is 10.4 Å². The molecule has 0 aliphatic heterocycles. The molecular formula is C15H28N2O2. The molecule has 0 heterocycles. The van der Waals surface area contributed by atoms with Crippen molar-refractivity contribution >= 4 is 5.97 Å². The van der Waals surface area contributed by atoms with Gasteiger partial charge in [-0.1, -0.05) is 26.2 Å². The van der Waals surface area contributed by atoms with E-state index in [9.17, 15) is 9.90 Å². The Morgan fingerprint density at radius 3 is 2.32 bits per heavy atom. The molecule has 0 saturated heterocycles. The van der Waals surface area contributed by atoms with Crippen LogP contribution < -0.4 is 5.32 Å². The second kappa shape index (κ2) is 6.23. The molecule has 0 aromatic heterocycles. The van der Waals surface area contributed by atoms with Crippen molar-refractivity contribution in [1.29, 1.82) is 0 Å². The van der Waals surface area contributed by atoms with E-state index in [2.05, 4.69) is 17.1 Å². The van der Waals surface area contributed by atoms with Crippen molar-refractivity contribution in [1.82, 2.24) is 10.2 Å². The van der Waals surface area contributed by atoms with Crippen LogP contribution in [-0.2, 0) is 4.79 Å². The summed E-state index contributed by atoms with van der Waals surface area (Å²) in [4.78, 5) is 14.2. The van der Waals surface area contributed by atoms with E-state index < -0.39 is 11.5 Å². The van der Waals surface area contributed by atoms with Gasteiger partial charge in [-0.15, -0.1) is 0 Å². The summed E-state index contributed by atoms with van der Waals surface area (Å²) < 4.78 is 0. The van der Waals surface area contributed by atoms with Gasteiger partial charge in [-0.3, -0.25) is 9.69 Å². The molecule has 2 fully saturated rings. The van der Waals surface area contributed by atoms with Gasteiger partial charge >= 0.3 is 5.97 Å². The molecule has 0 bridgehead atoms. The zero-order valence-electron chi connectivity index (χ0n) is 12.3. The third-order valence-electron chi connectivity index (χ3n) is 5.05. The fourth-order valence-electron chi connectivity index (χ4n) is 3.60. The van der Waals surface area contributed by atoms with Crippen molar-refractivity contribution < 1.29 is 9.90 Å². The van der Waals surface area contributed by atoms with Gasteiger partial charge in [0.15, 0.2) is 0 Å². The molecule has 0 spiro atoms. The molecule has 0 amide bonds. The summed E-state index contributed by atoms with van der Waals surface area (Å²) in [5.41, 5.74) is -0.729. The lowest BCUT2D eigenvalue weighted by atomic mass is 9.89. The maximum atomic E-state index is 11.8. The second-order valence-electron chi connectivity index (χ2n) is 6.16. The first-order valence-electron chi connectivity index (χ1n) is 7.80. The number of hydrogen-bond acceptors (Lipinski definition) is 3. The quantitative estimate of drug-likeness (QED) is 0.742. The van der Waals surface area contributed by atoms with Gasteiger partial charge in [0.25, 0.3) is 0 Å². The van der Waals surface area contributed by atoms with Gasteiger partial charge in [0, 0.05) is 12.6 Å². The Hall–Kier alpha value is -0.610. The smallest absolute Gasteiger partial charge is 0.325 e. The highest BCUT2D eigenvalue weighted by Crippen LogP contribution is 2.41. The van der Waals surface area contributed by atoms with E-state index in [4.69, 9.17) is 0 Å². The number of aliphatic carboxylic acids is 1. The average molecular weight is 268 g/mol. The van der Waals surface area contributed by atoms with Crippen molar-refractivity contribution in [2.45, 2.75) is 63.5 Å². The molecule has 2 N–H and O–H groups in total. The highest BCUT2D eigenvalue weighted by atomic mass is 16.4. The molecule has 110 valence electrons. The van der Waals surface area contributed by atoms with Gasteiger partial charge in [-0.2, -0.15) is 0 Å². The summed E-state index contributed by atoms with van der Waals surface area (Å²) >= 11 is 0. The molecule has 0 aromatic rings. The number of likely N-dealkylation sites (N-methyl/N-ethyl adjacent to an activating group) is 2. The fourth-order valence-corrected chi connectivity index (χ4v) is 3.60. The van der Waals surface area contributed by atoms with Crippen molar-refractivity contribution in [2.75, 3.05) is 20.1 Å². The summed E-state index contributed by atoms with van der Waals surface area (Å²) in [6.07, 6.45) is 8.50. The number of carboxylic acids is 1. The maximum Gasteiger partial charge on any atom is 0.325 e. The lowest BCUT2D eigenvalue weighted by Crippen LogP contribution is -2.61. The first kappa shape index (κ1) is 14.8. The van der Waals surface area contributed by atoms with Crippen LogP contribution in [0.1, 0.15) is 51.9 Å². The third kappa shape index (κ3) is 3.11. The van der Waals surface area contributed by atoms with Crippen LogP contribution in [-0.4, -0.2) is 47.7 Å². The largest absolute Gasteiger partial charge is 0.480 e. The van der Waals surface area contributed by atoms with Gasteiger partial charge in [-0.05, 0) is 45.2 Å².